The largest absolute Gasteiger partial charge is 0.122 e. The number of thioether (sulfide) groups is 1. The van der Waals surface area contributed by atoms with E-state index in [1.54, 1.807) is 0 Å². The van der Waals surface area contributed by atoms with E-state index in [-0.39, 0.29) is 0 Å². The molecule has 0 aliphatic carbocycles. The molecule has 0 fully saturated rings. The Balaban J connectivity index is 2.52. The Hall–Kier alpha value is -0.690. The van der Waals surface area contributed by atoms with E-state index in [2.05, 4.69) is 37.3 Å². The summed E-state index contributed by atoms with van der Waals surface area (Å²) >= 11 is 1.84. The van der Waals surface area contributed by atoms with Gasteiger partial charge >= 0.3 is 0 Å². The third-order valence-electron chi connectivity index (χ3n) is 1.53. The Morgan fingerprint density at radius 3 is 3.00 bits per heavy atom. The lowest BCUT2D eigenvalue weighted by molar-refractivity contribution is 1.36. The van der Waals surface area contributed by atoms with Crippen molar-refractivity contribution in [1.29, 1.82) is 0 Å². The molecule has 1 heteroatoms. The molecule has 0 saturated heterocycles. The summed E-state index contributed by atoms with van der Waals surface area (Å²) in [6.45, 7) is 4.04. The van der Waals surface area contributed by atoms with Gasteiger partial charge in [0.05, 0.1) is 0 Å². The minimum absolute atomic E-state index is 1.01. The lowest BCUT2D eigenvalue weighted by atomic mass is 10.2. The van der Waals surface area contributed by atoms with Gasteiger partial charge in [0.25, 0.3) is 0 Å². The maximum Gasteiger partial charge on any atom is 0.0166 e. The van der Waals surface area contributed by atoms with E-state index < -0.39 is 0 Å². The first-order valence-electron chi connectivity index (χ1n) is 4.01. The molecule has 1 rings (SSSR count). The summed E-state index contributed by atoms with van der Waals surface area (Å²) in [5.74, 6) is 1.01. The third kappa shape index (κ3) is 3.14. The lowest BCUT2D eigenvalue weighted by Crippen LogP contribution is -1.75. The molecular formula is C11H13S. The molecule has 0 spiro atoms. The van der Waals surface area contributed by atoms with Gasteiger partial charge in [0.1, 0.15) is 0 Å². The van der Waals surface area contributed by atoms with Crippen LogP contribution in [0.3, 0.4) is 0 Å². The summed E-state index contributed by atoms with van der Waals surface area (Å²) < 4.78 is 0. The van der Waals surface area contributed by atoms with Crippen LogP contribution in [0.1, 0.15) is 12.5 Å². The fraction of sp³-hybridized carbons (Fsp3) is 0.273. The molecule has 0 aliphatic heterocycles. The van der Waals surface area contributed by atoms with Crippen molar-refractivity contribution in [2.75, 3.05) is 5.75 Å². The lowest BCUT2D eigenvalue weighted by Gasteiger charge is -1.98. The quantitative estimate of drug-likeness (QED) is 0.637. The first kappa shape index (κ1) is 9.40. The van der Waals surface area contributed by atoms with E-state index in [4.69, 9.17) is 0 Å². The summed E-state index contributed by atoms with van der Waals surface area (Å²) in [5, 5.41) is 0. The highest BCUT2D eigenvalue weighted by molar-refractivity contribution is 7.99. The number of rotatable bonds is 3. The minimum atomic E-state index is 1.01. The molecule has 0 aliphatic rings. The summed E-state index contributed by atoms with van der Waals surface area (Å²) in [6.07, 6.45) is 5.06. The van der Waals surface area contributed by atoms with Crippen LogP contribution in [-0.4, -0.2) is 5.75 Å². The smallest absolute Gasteiger partial charge is 0.0166 e. The van der Waals surface area contributed by atoms with Crippen molar-refractivity contribution in [3.63, 3.8) is 0 Å². The molecule has 0 N–H and O–H groups in total. The van der Waals surface area contributed by atoms with E-state index in [1.807, 2.05) is 24.8 Å². The van der Waals surface area contributed by atoms with Gasteiger partial charge in [-0.1, -0.05) is 29.8 Å². The van der Waals surface area contributed by atoms with E-state index in [1.165, 1.54) is 10.5 Å². The van der Waals surface area contributed by atoms with Crippen LogP contribution in [0.15, 0.2) is 35.2 Å². The number of allylic oxidation sites excluding steroid dienone is 1. The van der Waals surface area contributed by atoms with Crippen molar-refractivity contribution in [3.05, 3.63) is 42.0 Å². The molecule has 0 aromatic heterocycles. The Morgan fingerprint density at radius 1 is 1.50 bits per heavy atom. The molecule has 0 nitrogen and oxygen atoms in total. The SMILES string of the molecule is C[C]=CCSc1cccc(C)c1. The number of hydrogen-bond acceptors (Lipinski definition) is 1. The molecule has 0 saturated carbocycles. The topological polar surface area (TPSA) is 0 Å². The molecule has 0 heterocycles. The second-order valence-electron chi connectivity index (χ2n) is 2.62. The van der Waals surface area contributed by atoms with Crippen molar-refractivity contribution in [1.82, 2.24) is 0 Å². The van der Waals surface area contributed by atoms with E-state index in [9.17, 15) is 0 Å². The Morgan fingerprint density at radius 2 is 2.33 bits per heavy atom. The summed E-state index contributed by atoms with van der Waals surface area (Å²) in [7, 11) is 0. The highest BCUT2D eigenvalue weighted by Gasteiger charge is 1.90. The normalized spacial score (nSPS) is 10.8. The first-order valence-corrected chi connectivity index (χ1v) is 5.00. The monoisotopic (exact) mass is 177 g/mol. The zero-order chi connectivity index (χ0) is 8.81. The predicted octanol–water partition coefficient (Wildman–Crippen LogP) is 3.47. The van der Waals surface area contributed by atoms with Crippen LogP contribution in [0.25, 0.3) is 0 Å². The number of hydrogen-bond donors (Lipinski definition) is 0. The molecule has 0 unspecified atom stereocenters. The van der Waals surface area contributed by atoms with Gasteiger partial charge in [-0.05, 0) is 26.0 Å². The van der Waals surface area contributed by atoms with E-state index in [0.717, 1.165) is 5.75 Å². The standard InChI is InChI=1S/C11H13S/c1-3-4-8-12-11-7-5-6-10(2)9-11/h4-7,9H,8H2,1-2H3. The van der Waals surface area contributed by atoms with E-state index >= 15 is 0 Å². The highest BCUT2D eigenvalue weighted by atomic mass is 32.2. The molecule has 1 aromatic carbocycles. The summed E-state index contributed by atoms with van der Waals surface area (Å²) in [4.78, 5) is 1.33. The highest BCUT2D eigenvalue weighted by Crippen LogP contribution is 2.18. The molecule has 63 valence electrons. The number of benzene rings is 1. The van der Waals surface area contributed by atoms with Crippen LogP contribution >= 0.6 is 11.8 Å². The van der Waals surface area contributed by atoms with Crippen molar-refractivity contribution >= 4 is 11.8 Å². The summed E-state index contributed by atoms with van der Waals surface area (Å²) in [6, 6.07) is 8.55. The van der Waals surface area contributed by atoms with Gasteiger partial charge in [0, 0.05) is 10.6 Å². The van der Waals surface area contributed by atoms with Crippen LogP contribution in [0.5, 0.6) is 0 Å². The first-order chi connectivity index (χ1) is 5.83. The maximum absolute atomic E-state index is 3.01. The van der Waals surface area contributed by atoms with Crippen molar-refractivity contribution in [2.45, 2.75) is 18.7 Å². The van der Waals surface area contributed by atoms with Crippen LogP contribution in [0.2, 0.25) is 0 Å². The zero-order valence-electron chi connectivity index (χ0n) is 7.50. The molecule has 1 aromatic rings. The Labute approximate surface area is 78.7 Å². The average Bonchev–Trinajstić information content (AvgIpc) is 2.05. The summed E-state index contributed by atoms with van der Waals surface area (Å²) in [5.41, 5.74) is 1.32. The molecule has 12 heavy (non-hydrogen) atoms. The van der Waals surface area contributed by atoms with Crippen molar-refractivity contribution in [2.24, 2.45) is 0 Å². The van der Waals surface area contributed by atoms with Crippen LogP contribution in [-0.2, 0) is 0 Å². The van der Waals surface area contributed by atoms with Crippen LogP contribution in [0.4, 0.5) is 0 Å². The fourth-order valence-corrected chi connectivity index (χ4v) is 1.81. The Kier molecular flexibility index (Phi) is 3.95. The molecule has 0 atom stereocenters. The minimum Gasteiger partial charge on any atom is -0.122 e. The van der Waals surface area contributed by atoms with Gasteiger partial charge in [-0.25, -0.2) is 0 Å². The third-order valence-corrected chi connectivity index (χ3v) is 2.45. The van der Waals surface area contributed by atoms with Gasteiger partial charge in [-0.3, -0.25) is 0 Å². The van der Waals surface area contributed by atoms with E-state index in [0.29, 0.717) is 0 Å². The Bertz CT molecular complexity index is 263. The van der Waals surface area contributed by atoms with Gasteiger partial charge in [0.2, 0.25) is 0 Å². The predicted molar refractivity (Wildman–Crippen MR) is 55.4 cm³/mol. The molecule has 1 radical (unpaired) electrons. The molecular weight excluding hydrogens is 164 g/mol. The fourth-order valence-electron chi connectivity index (χ4n) is 0.926. The van der Waals surface area contributed by atoms with Crippen LogP contribution in [0, 0.1) is 13.0 Å². The average molecular weight is 177 g/mol. The molecule has 0 amide bonds. The second-order valence-corrected chi connectivity index (χ2v) is 3.71. The van der Waals surface area contributed by atoms with Crippen molar-refractivity contribution < 1.29 is 0 Å². The zero-order valence-corrected chi connectivity index (χ0v) is 8.32. The van der Waals surface area contributed by atoms with Gasteiger partial charge in [-0.15, -0.1) is 11.8 Å². The van der Waals surface area contributed by atoms with Gasteiger partial charge in [-0.2, -0.15) is 0 Å². The van der Waals surface area contributed by atoms with Crippen LogP contribution < -0.4 is 0 Å². The maximum atomic E-state index is 3.01. The van der Waals surface area contributed by atoms with Crippen molar-refractivity contribution in [3.8, 4) is 0 Å². The number of aryl methyl sites for hydroxylation is 1. The second kappa shape index (κ2) is 5.04. The molecule has 0 bridgehead atoms. The van der Waals surface area contributed by atoms with Gasteiger partial charge < -0.3 is 0 Å². The van der Waals surface area contributed by atoms with Gasteiger partial charge in [0.15, 0.2) is 0 Å².